The molecular weight excluding hydrogens is 849 g/mol. The first kappa shape index (κ1) is 56.8. The number of carbonyl (C=O) groups is 1. The van der Waals surface area contributed by atoms with Gasteiger partial charge in [0.05, 0.1) is 55.3 Å². The SMILES string of the molecule is COC[C@H](C(O)[C@@H](O)C(=O)NCC[C@@H](C)c1nc(/C=C/C[C@H]2OC3(CC(O)[C@H]2C)OC(C(CC(O)[C@@H](C)C(O)[C@@H](C)/C=C(C)/C(C)=C/C=C/C(C)=C\C#N)OC)[C@@H](O)C3(C)C)co1)N(C)C. The van der Waals surface area contributed by atoms with E-state index in [4.69, 9.17) is 28.6 Å². The lowest BCUT2D eigenvalue weighted by atomic mass is 9.72. The number of likely N-dealkylation sites (N-methyl/N-ethyl adjacent to an activating group) is 1. The number of ether oxygens (including phenoxy) is 4. The van der Waals surface area contributed by atoms with Crippen molar-refractivity contribution in [3.63, 3.8) is 0 Å². The Labute approximate surface area is 392 Å². The van der Waals surface area contributed by atoms with Gasteiger partial charge in [-0.1, -0.05) is 77.5 Å². The van der Waals surface area contributed by atoms with Crippen LogP contribution < -0.4 is 5.32 Å². The Morgan fingerprint density at radius 3 is 2.38 bits per heavy atom. The summed E-state index contributed by atoms with van der Waals surface area (Å²) in [6.07, 6.45) is 6.39. The van der Waals surface area contributed by atoms with Crippen molar-refractivity contribution in [3.8, 4) is 6.07 Å². The second-order valence-corrected chi connectivity index (χ2v) is 19.3. The number of nitrogens with zero attached hydrogens (tertiary/aromatic N) is 3. The van der Waals surface area contributed by atoms with Crippen molar-refractivity contribution in [2.75, 3.05) is 41.5 Å². The maximum atomic E-state index is 12.6. The van der Waals surface area contributed by atoms with Gasteiger partial charge in [0.15, 0.2) is 17.8 Å². The molecule has 1 amide bonds. The van der Waals surface area contributed by atoms with E-state index in [0.717, 1.165) is 16.7 Å². The average molecular weight is 929 g/mol. The maximum Gasteiger partial charge on any atom is 0.251 e. The number of nitriles is 1. The fraction of sp³-hybridized carbons (Fsp3) is 0.700. The summed E-state index contributed by atoms with van der Waals surface area (Å²) < 4.78 is 30.2. The van der Waals surface area contributed by atoms with Gasteiger partial charge in [-0.3, -0.25) is 4.79 Å². The van der Waals surface area contributed by atoms with Gasteiger partial charge in [0.25, 0.3) is 5.91 Å². The molecule has 16 nitrogen and oxygen atoms in total. The number of rotatable bonds is 24. The van der Waals surface area contributed by atoms with Gasteiger partial charge in [0, 0.05) is 68.8 Å². The fourth-order valence-corrected chi connectivity index (χ4v) is 8.64. The van der Waals surface area contributed by atoms with Crippen LogP contribution in [-0.4, -0.2) is 155 Å². The average Bonchev–Trinajstić information content (AvgIpc) is 3.81. The molecule has 7 unspecified atom stereocenters. The highest BCUT2D eigenvalue weighted by atomic mass is 16.7. The van der Waals surface area contributed by atoms with Crippen molar-refractivity contribution in [2.24, 2.45) is 23.2 Å². The largest absolute Gasteiger partial charge is 0.448 e. The number of hydrogen-bond donors (Lipinski definition) is 7. The fourth-order valence-electron chi connectivity index (χ4n) is 8.64. The van der Waals surface area contributed by atoms with Gasteiger partial charge in [-0.15, -0.1) is 0 Å². The third kappa shape index (κ3) is 14.5. The normalized spacial score (nSPS) is 28.3. The van der Waals surface area contributed by atoms with Crippen LogP contribution in [0.15, 0.2) is 63.9 Å². The molecule has 0 aliphatic carbocycles. The van der Waals surface area contributed by atoms with Crippen LogP contribution in [0, 0.1) is 34.5 Å². The molecule has 1 spiro atoms. The molecule has 0 saturated carbocycles. The van der Waals surface area contributed by atoms with Crippen LogP contribution in [0.1, 0.15) is 105 Å². The quantitative estimate of drug-likeness (QED) is 0.0555. The predicted molar refractivity (Wildman–Crippen MR) is 251 cm³/mol. The lowest BCUT2D eigenvalue weighted by Gasteiger charge is -2.49. The molecule has 2 aliphatic heterocycles. The number of oxazole rings is 1. The lowest BCUT2D eigenvalue weighted by Crippen LogP contribution is -2.58. The number of aromatic nitrogens is 1. The summed E-state index contributed by atoms with van der Waals surface area (Å²) in [6, 6.07) is 1.44. The number of hydrogen-bond acceptors (Lipinski definition) is 15. The Morgan fingerprint density at radius 1 is 1.08 bits per heavy atom. The van der Waals surface area contributed by atoms with Gasteiger partial charge < -0.3 is 64.2 Å². The molecule has 0 bridgehead atoms. The smallest absolute Gasteiger partial charge is 0.251 e. The van der Waals surface area contributed by atoms with Crippen molar-refractivity contribution >= 4 is 12.0 Å². The van der Waals surface area contributed by atoms with E-state index in [1.165, 1.54) is 26.6 Å². The van der Waals surface area contributed by atoms with E-state index in [9.17, 15) is 35.4 Å². The number of aliphatic hydroxyl groups excluding tert-OH is 6. The lowest BCUT2D eigenvalue weighted by molar-refractivity contribution is -0.334. The first-order valence-corrected chi connectivity index (χ1v) is 23.1. The first-order chi connectivity index (χ1) is 31.0. The van der Waals surface area contributed by atoms with Crippen LogP contribution in [0.2, 0.25) is 0 Å². The molecule has 3 rings (SSSR count). The van der Waals surface area contributed by atoms with Crippen LogP contribution in [0.3, 0.4) is 0 Å². The highest BCUT2D eigenvalue weighted by molar-refractivity contribution is 5.81. The summed E-state index contributed by atoms with van der Waals surface area (Å²) >= 11 is 0. The van der Waals surface area contributed by atoms with Gasteiger partial charge in [-0.2, -0.15) is 5.26 Å². The zero-order valence-electron chi connectivity index (χ0n) is 41.4. The summed E-state index contributed by atoms with van der Waals surface area (Å²) in [5.74, 6) is -2.91. The van der Waals surface area contributed by atoms with Crippen molar-refractivity contribution in [1.29, 1.82) is 5.26 Å². The van der Waals surface area contributed by atoms with E-state index in [1.807, 2.05) is 91.8 Å². The highest BCUT2D eigenvalue weighted by Crippen LogP contribution is 2.55. The summed E-state index contributed by atoms with van der Waals surface area (Å²) in [5.41, 5.74) is 2.38. The molecule has 372 valence electrons. The molecule has 2 aliphatic rings. The third-order valence-corrected chi connectivity index (χ3v) is 13.8. The van der Waals surface area contributed by atoms with Gasteiger partial charge in [0.2, 0.25) is 0 Å². The molecule has 2 fully saturated rings. The highest BCUT2D eigenvalue weighted by Gasteiger charge is 2.66. The molecular formula is C50H80N4O12. The number of amides is 1. The van der Waals surface area contributed by atoms with E-state index in [0.29, 0.717) is 24.4 Å². The molecule has 1 aromatic heterocycles. The molecule has 16 heteroatoms. The molecule has 66 heavy (non-hydrogen) atoms. The zero-order chi connectivity index (χ0) is 49.7. The van der Waals surface area contributed by atoms with Crippen LogP contribution in [-0.2, 0) is 23.7 Å². The molecule has 0 aromatic carbocycles. The third-order valence-electron chi connectivity index (χ3n) is 13.8. The van der Waals surface area contributed by atoms with E-state index >= 15 is 0 Å². The Kier molecular flexibility index (Phi) is 22.1. The topological polar surface area (TPSA) is 240 Å². The van der Waals surface area contributed by atoms with E-state index < -0.39 is 84.0 Å². The Hall–Kier alpha value is -3.57. The molecule has 1 aromatic rings. The molecule has 15 atom stereocenters. The van der Waals surface area contributed by atoms with Crippen molar-refractivity contribution < 1.29 is 58.8 Å². The standard InChI is InChI=1S/C50H80N4O12/c1-29(20-22-51)16-14-17-30(2)32(4)24-33(5)42(57)35(7)38(55)25-41(63-13)45-46(60)49(8,9)50(66-45)26-39(56)34(6)40(65-50)19-15-18-36-27-64-48(53-36)31(3)21-23-52-47(61)44(59)43(58)37(28-62-12)54(10)11/h14-18,20,24,27,31,33-35,37-46,55-60H,19,21,23,25-26,28H2,1-13H3,(H,52,61)/b16-14+,18-15+,29-20-,30-17+,32-24+/t31-,33+,34-,35-,37-,38?,39?,40-,41?,42?,43?,44-,45?,46-,50?/m1/s1. The Balaban J connectivity index is 1.63. The van der Waals surface area contributed by atoms with Crippen LogP contribution in [0.25, 0.3) is 6.08 Å². The van der Waals surface area contributed by atoms with Gasteiger partial charge in [0.1, 0.15) is 24.2 Å². The maximum absolute atomic E-state index is 12.6. The summed E-state index contributed by atoms with van der Waals surface area (Å²) in [4.78, 5) is 18.9. The van der Waals surface area contributed by atoms with Gasteiger partial charge in [-0.05, 0) is 64.9 Å². The van der Waals surface area contributed by atoms with E-state index in [1.54, 1.807) is 32.0 Å². The number of methoxy groups -OCH3 is 2. The van der Waals surface area contributed by atoms with Gasteiger partial charge >= 0.3 is 0 Å². The summed E-state index contributed by atoms with van der Waals surface area (Å²) in [6.45, 7) is 17.3. The predicted octanol–water partition coefficient (Wildman–Crippen LogP) is 4.57. The van der Waals surface area contributed by atoms with Gasteiger partial charge in [-0.25, -0.2) is 4.98 Å². The number of aliphatic hydroxyl groups is 6. The van der Waals surface area contributed by atoms with Crippen molar-refractivity contribution in [2.45, 2.75) is 161 Å². The molecule has 3 heterocycles. The Bertz CT molecular complexity index is 1890. The minimum absolute atomic E-state index is 0.0649. The summed E-state index contributed by atoms with van der Waals surface area (Å²) in [5, 5.41) is 78.6. The molecule has 2 saturated heterocycles. The van der Waals surface area contributed by atoms with Crippen LogP contribution in [0.5, 0.6) is 0 Å². The number of allylic oxidation sites excluding steroid dienone is 7. The minimum atomic E-state index is -1.63. The number of carbonyl (C=O) groups excluding carboxylic acids is 1. The minimum Gasteiger partial charge on any atom is -0.448 e. The first-order valence-electron chi connectivity index (χ1n) is 23.1. The summed E-state index contributed by atoms with van der Waals surface area (Å²) in [7, 11) is 6.43. The van der Waals surface area contributed by atoms with Crippen molar-refractivity contribution in [1.82, 2.24) is 15.2 Å². The van der Waals surface area contributed by atoms with E-state index in [-0.39, 0.29) is 43.7 Å². The second-order valence-electron chi connectivity index (χ2n) is 19.3. The van der Waals surface area contributed by atoms with Crippen molar-refractivity contribution in [3.05, 3.63) is 71.0 Å². The number of nitrogens with one attached hydrogen (secondary N) is 1. The zero-order valence-corrected chi connectivity index (χ0v) is 41.4. The van der Waals surface area contributed by atoms with Crippen LogP contribution >= 0.6 is 0 Å². The Morgan fingerprint density at radius 2 is 1.76 bits per heavy atom. The monoisotopic (exact) mass is 929 g/mol. The second kappa shape index (κ2) is 25.7. The molecule has 7 N–H and O–H groups in total. The van der Waals surface area contributed by atoms with Crippen LogP contribution in [0.4, 0.5) is 0 Å². The van der Waals surface area contributed by atoms with E-state index in [2.05, 4.69) is 10.3 Å². The molecule has 0 radical (unpaired) electrons.